The maximum Gasteiger partial charge on any atom is 0.240 e. The average Bonchev–Trinajstić information content (AvgIpc) is 3.01. The van der Waals surface area contributed by atoms with Crippen molar-refractivity contribution in [3.8, 4) is 17.2 Å². The van der Waals surface area contributed by atoms with E-state index in [1.54, 1.807) is 42.7 Å². The summed E-state index contributed by atoms with van der Waals surface area (Å²) in [4.78, 5) is -0.0513. The lowest BCUT2D eigenvalue weighted by Crippen LogP contribution is -2.16. The molecule has 0 spiro atoms. The van der Waals surface area contributed by atoms with E-state index in [0.717, 1.165) is 0 Å². The highest BCUT2D eigenvalue weighted by Gasteiger charge is 2.20. The predicted molar refractivity (Wildman–Crippen MR) is 81.5 cm³/mol. The fraction of sp³-hybridized carbons (Fsp3) is 0. The minimum atomic E-state index is -3.92. The van der Waals surface area contributed by atoms with Gasteiger partial charge in [-0.25, -0.2) is 18.2 Å². The molecule has 0 saturated carbocycles. The Morgan fingerprint density at radius 2 is 1.77 bits per heavy atom. The molecule has 3 rings (SSSR count). The van der Waals surface area contributed by atoms with Crippen LogP contribution in [0.15, 0.2) is 71.9 Å². The van der Waals surface area contributed by atoms with Crippen molar-refractivity contribution < 1.29 is 13.2 Å². The highest BCUT2D eigenvalue weighted by atomic mass is 32.2. The van der Waals surface area contributed by atoms with Crippen LogP contribution < -0.4 is 9.88 Å². The van der Waals surface area contributed by atoms with Gasteiger partial charge in [0.2, 0.25) is 10.0 Å². The van der Waals surface area contributed by atoms with Crippen molar-refractivity contribution in [2.45, 2.75) is 4.90 Å². The van der Waals surface area contributed by atoms with Crippen molar-refractivity contribution in [2.75, 3.05) is 0 Å². The van der Waals surface area contributed by atoms with Crippen LogP contribution in [-0.2, 0) is 10.0 Å². The lowest BCUT2D eigenvalue weighted by atomic mass is 10.3. The van der Waals surface area contributed by atoms with Crippen molar-refractivity contribution >= 4 is 10.0 Å². The number of sulfonamides is 1. The van der Waals surface area contributed by atoms with Crippen molar-refractivity contribution in [1.82, 2.24) is 9.78 Å². The summed E-state index contributed by atoms with van der Waals surface area (Å²) >= 11 is 0. The zero-order valence-corrected chi connectivity index (χ0v) is 12.3. The summed E-state index contributed by atoms with van der Waals surface area (Å²) in [6, 6.07) is 15.4. The van der Waals surface area contributed by atoms with Gasteiger partial charge in [-0.05, 0) is 30.3 Å². The molecule has 22 heavy (non-hydrogen) atoms. The summed E-state index contributed by atoms with van der Waals surface area (Å²) in [5.74, 6) is 0.934. The summed E-state index contributed by atoms with van der Waals surface area (Å²) < 4.78 is 30.9. The van der Waals surface area contributed by atoms with Crippen LogP contribution in [0.25, 0.3) is 5.69 Å². The topological polar surface area (TPSA) is 87.2 Å². The van der Waals surface area contributed by atoms with Crippen molar-refractivity contribution in [3.05, 3.63) is 67.0 Å². The summed E-state index contributed by atoms with van der Waals surface area (Å²) in [6.45, 7) is 0. The number of nitrogens with two attached hydrogens (primary N) is 1. The third-order valence-electron chi connectivity index (χ3n) is 2.97. The summed E-state index contributed by atoms with van der Waals surface area (Å²) in [6.07, 6.45) is 3.17. The minimum Gasteiger partial charge on any atom is -0.455 e. The maximum atomic E-state index is 11.8. The first kappa shape index (κ1) is 14.3. The van der Waals surface area contributed by atoms with Crippen LogP contribution in [0.1, 0.15) is 0 Å². The van der Waals surface area contributed by atoms with Gasteiger partial charge in [-0.3, -0.25) is 0 Å². The van der Waals surface area contributed by atoms with Crippen LogP contribution in [0.4, 0.5) is 0 Å². The van der Waals surface area contributed by atoms with Crippen LogP contribution in [-0.4, -0.2) is 18.2 Å². The largest absolute Gasteiger partial charge is 0.455 e. The second kappa shape index (κ2) is 5.63. The number of ether oxygens (including phenoxy) is 1. The van der Waals surface area contributed by atoms with E-state index >= 15 is 0 Å². The second-order valence-electron chi connectivity index (χ2n) is 4.51. The molecule has 6 nitrogen and oxygen atoms in total. The van der Waals surface area contributed by atoms with Crippen LogP contribution in [0.5, 0.6) is 11.5 Å². The Morgan fingerprint density at radius 3 is 2.41 bits per heavy atom. The quantitative estimate of drug-likeness (QED) is 0.800. The Balaban J connectivity index is 2.18. The molecule has 0 fully saturated rings. The first-order chi connectivity index (χ1) is 10.6. The van der Waals surface area contributed by atoms with E-state index in [-0.39, 0.29) is 10.6 Å². The number of nitrogens with zero attached hydrogens (tertiary/aromatic N) is 2. The van der Waals surface area contributed by atoms with E-state index in [9.17, 15) is 8.42 Å². The Kier molecular flexibility index (Phi) is 3.66. The van der Waals surface area contributed by atoms with Gasteiger partial charge in [0.25, 0.3) is 0 Å². The zero-order chi connectivity index (χ0) is 15.6. The molecule has 112 valence electrons. The number of benzene rings is 2. The molecule has 0 aliphatic heterocycles. The average molecular weight is 315 g/mol. The molecule has 2 N–H and O–H groups in total. The van der Waals surface area contributed by atoms with Crippen molar-refractivity contribution in [3.63, 3.8) is 0 Å². The highest BCUT2D eigenvalue weighted by molar-refractivity contribution is 7.89. The molecule has 0 unspecified atom stereocenters. The molecule has 0 bridgehead atoms. The van der Waals surface area contributed by atoms with Crippen LogP contribution in [0.2, 0.25) is 0 Å². The van der Waals surface area contributed by atoms with Gasteiger partial charge in [0.1, 0.15) is 16.3 Å². The molecule has 3 aromatic rings. The predicted octanol–water partition coefficient (Wildman–Crippen LogP) is 2.31. The molecule has 0 atom stereocenters. The van der Waals surface area contributed by atoms with E-state index in [0.29, 0.717) is 11.5 Å². The van der Waals surface area contributed by atoms with Gasteiger partial charge < -0.3 is 4.74 Å². The van der Waals surface area contributed by atoms with Crippen LogP contribution in [0, 0.1) is 0 Å². The third kappa shape index (κ3) is 2.85. The molecule has 2 aromatic carbocycles. The molecule has 7 heteroatoms. The van der Waals surface area contributed by atoms with Crippen molar-refractivity contribution in [1.29, 1.82) is 0 Å². The molecular weight excluding hydrogens is 302 g/mol. The van der Waals surface area contributed by atoms with E-state index in [1.807, 2.05) is 18.2 Å². The number of primary sulfonamides is 1. The number of hydrogen-bond acceptors (Lipinski definition) is 4. The van der Waals surface area contributed by atoms with Crippen LogP contribution in [0.3, 0.4) is 0 Å². The Labute approximate surface area is 127 Å². The highest BCUT2D eigenvalue weighted by Crippen LogP contribution is 2.32. The number of aromatic nitrogens is 2. The zero-order valence-electron chi connectivity index (χ0n) is 11.5. The van der Waals surface area contributed by atoms with E-state index in [4.69, 9.17) is 9.88 Å². The monoisotopic (exact) mass is 315 g/mol. The number of rotatable bonds is 4. The normalized spacial score (nSPS) is 11.3. The van der Waals surface area contributed by atoms with Gasteiger partial charge in [-0.2, -0.15) is 5.10 Å². The molecule has 0 amide bonds. The lowest BCUT2D eigenvalue weighted by Gasteiger charge is -2.14. The van der Waals surface area contributed by atoms with Gasteiger partial charge in [0.15, 0.2) is 5.75 Å². The molecule has 0 radical (unpaired) electrons. The molecule has 1 heterocycles. The summed E-state index contributed by atoms with van der Waals surface area (Å²) in [5, 5.41) is 9.38. The van der Waals surface area contributed by atoms with E-state index in [2.05, 4.69) is 5.10 Å². The van der Waals surface area contributed by atoms with E-state index < -0.39 is 10.0 Å². The summed E-state index contributed by atoms with van der Waals surface area (Å²) in [7, 11) is -3.92. The fourth-order valence-corrected chi connectivity index (χ4v) is 2.79. The first-order valence-electron chi connectivity index (χ1n) is 6.44. The Hall–Kier alpha value is -2.64. The second-order valence-corrected chi connectivity index (χ2v) is 6.04. The van der Waals surface area contributed by atoms with E-state index in [1.165, 1.54) is 10.7 Å². The molecule has 1 aromatic heterocycles. The number of hydrogen-bond donors (Lipinski definition) is 1. The lowest BCUT2D eigenvalue weighted by molar-refractivity contribution is 0.475. The molecule has 0 aliphatic rings. The van der Waals surface area contributed by atoms with Gasteiger partial charge in [0, 0.05) is 12.4 Å². The molecule has 0 aliphatic carbocycles. The SMILES string of the molecule is NS(=O)(=O)c1cccc(Oc2ccccc2)c1-n1cccn1. The standard InChI is InChI=1S/C15H13N3O3S/c16-22(19,20)14-9-4-8-13(15(14)18-11-5-10-17-18)21-12-6-2-1-3-7-12/h1-11H,(H2,16,19,20). The summed E-state index contributed by atoms with van der Waals surface area (Å²) in [5.41, 5.74) is 0.277. The number of para-hydroxylation sites is 2. The minimum absolute atomic E-state index is 0.0513. The molecule has 0 saturated heterocycles. The Morgan fingerprint density at radius 1 is 1.00 bits per heavy atom. The Bertz CT molecular complexity index is 876. The molecular formula is C15H13N3O3S. The van der Waals surface area contributed by atoms with Gasteiger partial charge in [-0.1, -0.05) is 24.3 Å². The van der Waals surface area contributed by atoms with Crippen LogP contribution >= 0.6 is 0 Å². The van der Waals surface area contributed by atoms with Gasteiger partial charge >= 0.3 is 0 Å². The fourth-order valence-electron chi connectivity index (χ4n) is 2.06. The van der Waals surface area contributed by atoms with Gasteiger partial charge in [0.05, 0.1) is 0 Å². The first-order valence-corrected chi connectivity index (χ1v) is 7.99. The third-order valence-corrected chi connectivity index (χ3v) is 3.92. The van der Waals surface area contributed by atoms with Gasteiger partial charge in [-0.15, -0.1) is 0 Å². The smallest absolute Gasteiger partial charge is 0.240 e. The maximum absolute atomic E-state index is 11.8. The van der Waals surface area contributed by atoms with Crippen molar-refractivity contribution in [2.24, 2.45) is 5.14 Å².